The summed E-state index contributed by atoms with van der Waals surface area (Å²) in [7, 11) is 2.07. The number of allylic oxidation sites excluding steroid dienone is 1. The molecule has 0 aromatic carbocycles. The fourth-order valence-electron chi connectivity index (χ4n) is 5.16. The number of ether oxygens (including phenoxy) is 2. The van der Waals surface area contributed by atoms with Gasteiger partial charge in [-0.25, -0.2) is 0 Å². The molecule has 4 fully saturated rings. The lowest BCUT2D eigenvalue weighted by Gasteiger charge is -2.37. The monoisotopic (exact) mass is 416 g/mol. The predicted molar refractivity (Wildman–Crippen MR) is 113 cm³/mol. The van der Waals surface area contributed by atoms with E-state index in [9.17, 15) is 0 Å². The maximum Gasteiger partial charge on any atom is 0.248 e. The average Bonchev–Trinajstić information content (AvgIpc) is 3.08. The summed E-state index contributed by atoms with van der Waals surface area (Å²) in [5.74, 6) is 0.534. The number of hydrogen-bond donors (Lipinski definition) is 0. The van der Waals surface area contributed by atoms with Crippen molar-refractivity contribution in [3.05, 3.63) is 12.2 Å². The van der Waals surface area contributed by atoms with Crippen molar-refractivity contribution in [2.45, 2.75) is 94.1 Å². The van der Waals surface area contributed by atoms with E-state index in [0.717, 1.165) is 19.3 Å². The van der Waals surface area contributed by atoms with Crippen LogP contribution in [0.15, 0.2) is 12.2 Å². The van der Waals surface area contributed by atoms with Gasteiger partial charge in [-0.3, -0.25) is 0 Å². The van der Waals surface area contributed by atoms with Crippen LogP contribution in [0.3, 0.4) is 0 Å². The minimum Gasteiger partial charge on any atom is -0.373 e. The highest BCUT2D eigenvalue weighted by atomic mass is 32.9. The summed E-state index contributed by atoms with van der Waals surface area (Å²) in [5.41, 5.74) is -1.57. The van der Waals surface area contributed by atoms with E-state index in [2.05, 4.69) is 42.1 Å². The molecule has 4 nitrogen and oxygen atoms in total. The van der Waals surface area contributed by atoms with Crippen molar-refractivity contribution in [2.75, 3.05) is 0 Å². The van der Waals surface area contributed by atoms with Crippen molar-refractivity contribution in [1.29, 1.82) is 0 Å². The second-order valence-corrected chi connectivity index (χ2v) is 15.2. The molecule has 0 N–H and O–H groups in total. The molecule has 1 aliphatic carbocycles. The third-order valence-corrected chi connectivity index (χ3v) is 12.7. The molecule has 4 aliphatic rings. The van der Waals surface area contributed by atoms with Gasteiger partial charge in [0.1, 0.15) is 25.7 Å². The summed E-state index contributed by atoms with van der Waals surface area (Å²) < 4.78 is 25.7. The zero-order valence-electron chi connectivity index (χ0n) is 16.4. The topological polar surface area (TPSA) is 36.9 Å². The quantitative estimate of drug-likeness (QED) is 0.395. The summed E-state index contributed by atoms with van der Waals surface area (Å²) in [6.07, 6.45) is 4.14. The SMILES string of the molecule is B[C@@H]1O[C@@]2(CC)[C@H](C)O[C@@H]1[C@@H]2O[P@]1(=S)O[C@@H]2C[C@@H](C(=C)C)CC[C@@]2(C)S1. The Morgan fingerprint density at radius 3 is 2.88 bits per heavy atom. The van der Waals surface area contributed by atoms with E-state index < -0.39 is 11.3 Å². The van der Waals surface area contributed by atoms with Crippen LogP contribution in [0, 0.1) is 5.92 Å². The number of hydrogen-bond acceptors (Lipinski definition) is 6. The van der Waals surface area contributed by atoms with Crippen LogP contribution >= 0.6 is 17.1 Å². The molecule has 2 bridgehead atoms. The molecule has 0 radical (unpaired) electrons. The van der Waals surface area contributed by atoms with Gasteiger partial charge in [0.25, 0.3) is 0 Å². The van der Waals surface area contributed by atoms with Crippen molar-refractivity contribution in [3.63, 3.8) is 0 Å². The molecule has 0 amide bonds. The first kappa shape index (κ1) is 19.9. The minimum absolute atomic E-state index is 0.0264. The zero-order chi connectivity index (χ0) is 18.9. The standard InChI is InChI=1S/C18H30BO4PS2/c1-6-18-11(4)20-14(16(19)21-18)15(18)23-24(25)22-13-9-12(10(2)3)7-8-17(13,5)26-24/h11-16H,2,6-9,19H2,1,3-5H3/t11-,12-,13+,14+,15-,16+,17+,18-,24-/m0/s1. The van der Waals surface area contributed by atoms with Crippen molar-refractivity contribution < 1.29 is 18.5 Å². The van der Waals surface area contributed by atoms with Crippen LogP contribution < -0.4 is 0 Å². The van der Waals surface area contributed by atoms with Crippen LogP contribution in [-0.4, -0.2) is 48.6 Å². The van der Waals surface area contributed by atoms with Crippen LogP contribution in [0.1, 0.15) is 53.4 Å². The maximum absolute atomic E-state index is 6.63. The molecule has 0 aromatic heterocycles. The Balaban J connectivity index is 1.54. The molecular weight excluding hydrogens is 386 g/mol. The Morgan fingerprint density at radius 1 is 1.50 bits per heavy atom. The fraction of sp³-hybridized carbons (Fsp3) is 0.889. The highest BCUT2D eigenvalue weighted by Gasteiger charge is 2.66. The van der Waals surface area contributed by atoms with Gasteiger partial charge in [0.15, 0.2) is 0 Å². The van der Waals surface area contributed by atoms with Crippen LogP contribution in [0.2, 0.25) is 0 Å². The first-order valence-electron chi connectivity index (χ1n) is 9.79. The summed E-state index contributed by atoms with van der Waals surface area (Å²) >= 11 is 7.78. The fourth-order valence-corrected chi connectivity index (χ4v) is 12.7. The molecule has 0 unspecified atom stereocenters. The molecule has 4 rings (SSSR count). The van der Waals surface area contributed by atoms with E-state index in [-0.39, 0.29) is 35.2 Å². The second-order valence-electron chi connectivity index (χ2n) is 8.66. The third kappa shape index (κ3) is 2.92. The number of rotatable bonds is 4. The minimum atomic E-state index is -2.43. The molecule has 1 saturated carbocycles. The van der Waals surface area contributed by atoms with E-state index in [1.54, 1.807) is 11.4 Å². The van der Waals surface area contributed by atoms with Gasteiger partial charge in [-0.15, -0.1) is 0 Å². The van der Waals surface area contributed by atoms with Gasteiger partial charge >= 0.3 is 0 Å². The van der Waals surface area contributed by atoms with Crippen molar-refractivity contribution in [1.82, 2.24) is 0 Å². The van der Waals surface area contributed by atoms with Crippen LogP contribution in [0.25, 0.3) is 0 Å². The molecule has 26 heavy (non-hydrogen) atoms. The van der Waals surface area contributed by atoms with Crippen LogP contribution in [-0.2, 0) is 30.3 Å². The Labute approximate surface area is 167 Å². The highest BCUT2D eigenvalue weighted by molar-refractivity contribution is 8.68. The van der Waals surface area contributed by atoms with E-state index in [1.165, 1.54) is 12.0 Å². The number of fused-ring (bicyclic) bond motifs is 3. The average molecular weight is 416 g/mol. The van der Waals surface area contributed by atoms with Crippen molar-refractivity contribution in [2.24, 2.45) is 5.92 Å². The van der Waals surface area contributed by atoms with E-state index in [1.807, 2.05) is 0 Å². The maximum atomic E-state index is 6.63. The zero-order valence-corrected chi connectivity index (χ0v) is 18.9. The van der Waals surface area contributed by atoms with E-state index in [4.69, 9.17) is 30.3 Å². The molecule has 9 atom stereocenters. The van der Waals surface area contributed by atoms with Gasteiger partial charge in [0.2, 0.25) is 5.69 Å². The molecule has 3 saturated heterocycles. The van der Waals surface area contributed by atoms with Gasteiger partial charge in [-0.2, -0.15) is 0 Å². The normalized spacial score (nSPS) is 55.8. The van der Waals surface area contributed by atoms with Gasteiger partial charge in [-0.05, 0) is 64.2 Å². The second kappa shape index (κ2) is 6.58. The summed E-state index contributed by atoms with van der Waals surface area (Å²) in [5, 5.41) is 0. The van der Waals surface area contributed by atoms with Gasteiger partial charge in [0, 0.05) is 4.75 Å². The highest BCUT2D eigenvalue weighted by Crippen LogP contribution is 2.77. The van der Waals surface area contributed by atoms with Crippen molar-refractivity contribution in [3.8, 4) is 0 Å². The lowest BCUT2D eigenvalue weighted by Crippen LogP contribution is -2.46. The molecule has 0 aromatic rings. The van der Waals surface area contributed by atoms with E-state index in [0.29, 0.717) is 5.92 Å². The molecule has 3 heterocycles. The van der Waals surface area contributed by atoms with Crippen LogP contribution in [0.4, 0.5) is 0 Å². The van der Waals surface area contributed by atoms with Crippen LogP contribution in [0.5, 0.6) is 0 Å². The van der Waals surface area contributed by atoms with Gasteiger partial charge < -0.3 is 18.5 Å². The summed E-state index contributed by atoms with van der Waals surface area (Å²) in [6.45, 7) is 12.8. The Hall–Kier alpha value is 0.645. The lowest BCUT2D eigenvalue weighted by atomic mass is 9.77. The molecule has 3 aliphatic heterocycles. The Morgan fingerprint density at radius 2 is 2.23 bits per heavy atom. The van der Waals surface area contributed by atoms with Gasteiger partial charge in [-0.1, -0.05) is 30.5 Å². The summed E-state index contributed by atoms with van der Waals surface area (Å²) in [4.78, 5) is 0. The Bertz CT molecular complexity index is 663. The first-order chi connectivity index (χ1) is 12.1. The smallest absolute Gasteiger partial charge is 0.248 e. The predicted octanol–water partition coefficient (Wildman–Crippen LogP) is 3.79. The molecule has 146 valence electrons. The molecular formula is C18H30BO4PS2. The Kier molecular flexibility index (Phi) is 5.05. The van der Waals surface area contributed by atoms with E-state index >= 15 is 0 Å². The lowest BCUT2D eigenvalue weighted by molar-refractivity contribution is -0.157. The summed E-state index contributed by atoms with van der Waals surface area (Å²) in [6, 6.07) is 0.0380. The van der Waals surface area contributed by atoms with Crippen molar-refractivity contribution >= 4 is 36.7 Å². The largest absolute Gasteiger partial charge is 0.373 e. The molecule has 8 heteroatoms. The first-order valence-corrected chi connectivity index (χ1v) is 13.8. The molecule has 0 spiro atoms. The third-order valence-electron chi connectivity index (χ3n) is 6.94. The van der Waals surface area contributed by atoms with Gasteiger partial charge in [0.05, 0.1) is 18.2 Å².